The van der Waals surface area contributed by atoms with Gasteiger partial charge in [-0.15, -0.1) is 0 Å². The number of furan rings is 1. The van der Waals surface area contributed by atoms with Crippen LogP contribution in [0.2, 0.25) is 5.02 Å². The molecule has 0 atom stereocenters. The van der Waals surface area contributed by atoms with E-state index in [2.05, 4.69) is 15.4 Å². The Balaban J connectivity index is 1.70. The lowest BCUT2D eigenvalue weighted by molar-refractivity contribution is 0.0998. The van der Waals surface area contributed by atoms with Gasteiger partial charge in [-0.3, -0.25) is 9.48 Å². The number of aromatic nitrogens is 3. The molecule has 1 amide bonds. The first-order chi connectivity index (χ1) is 11.9. The lowest BCUT2D eigenvalue weighted by Gasteiger charge is -2.04. The normalized spacial score (nSPS) is 11.4. The SMILES string of the molecule is Cc1c(C(=O)Nc2cnc3c(c2)c(C)nn3C)oc2ccc(Cl)cc12. The molecular weight excluding hydrogens is 340 g/mol. The summed E-state index contributed by atoms with van der Waals surface area (Å²) >= 11 is 6.02. The summed E-state index contributed by atoms with van der Waals surface area (Å²) in [7, 11) is 1.84. The quantitative estimate of drug-likeness (QED) is 0.584. The van der Waals surface area contributed by atoms with Crippen molar-refractivity contribution in [1.29, 1.82) is 0 Å². The molecule has 25 heavy (non-hydrogen) atoms. The largest absolute Gasteiger partial charge is 0.451 e. The Kier molecular flexibility index (Phi) is 3.51. The predicted molar refractivity (Wildman–Crippen MR) is 97.2 cm³/mol. The van der Waals surface area contributed by atoms with Crippen molar-refractivity contribution < 1.29 is 9.21 Å². The molecule has 0 bridgehead atoms. The molecule has 0 fully saturated rings. The van der Waals surface area contributed by atoms with E-state index in [1.807, 2.05) is 27.0 Å². The highest BCUT2D eigenvalue weighted by Crippen LogP contribution is 2.28. The van der Waals surface area contributed by atoms with Gasteiger partial charge in [0, 0.05) is 28.4 Å². The molecule has 3 heterocycles. The predicted octanol–water partition coefficient (Wildman–Crippen LogP) is 4.24. The summed E-state index contributed by atoms with van der Waals surface area (Å²) in [4.78, 5) is 17.0. The van der Waals surface area contributed by atoms with E-state index in [9.17, 15) is 4.79 Å². The Hall–Kier alpha value is -2.86. The van der Waals surface area contributed by atoms with Crippen molar-refractivity contribution in [3.63, 3.8) is 0 Å². The molecule has 126 valence electrons. The Morgan fingerprint density at radius 1 is 1.24 bits per heavy atom. The summed E-state index contributed by atoms with van der Waals surface area (Å²) < 4.78 is 7.41. The zero-order valence-corrected chi connectivity index (χ0v) is 14.7. The van der Waals surface area contributed by atoms with Gasteiger partial charge in [0.15, 0.2) is 11.4 Å². The van der Waals surface area contributed by atoms with Crippen molar-refractivity contribution in [3.05, 3.63) is 52.5 Å². The number of carbonyl (C=O) groups excluding carboxylic acids is 1. The van der Waals surface area contributed by atoms with E-state index in [1.54, 1.807) is 29.1 Å². The lowest BCUT2D eigenvalue weighted by Crippen LogP contribution is -2.12. The van der Waals surface area contributed by atoms with Gasteiger partial charge in [0.1, 0.15) is 5.58 Å². The number of hydrogen-bond donors (Lipinski definition) is 1. The molecular formula is C18H15ClN4O2. The van der Waals surface area contributed by atoms with E-state index in [1.165, 1.54) is 0 Å². The third-order valence-electron chi connectivity index (χ3n) is 4.23. The summed E-state index contributed by atoms with van der Waals surface area (Å²) in [5.41, 5.74) is 3.59. The Morgan fingerprint density at radius 2 is 2.04 bits per heavy atom. The van der Waals surface area contributed by atoms with Crippen molar-refractivity contribution in [3.8, 4) is 0 Å². The van der Waals surface area contributed by atoms with Crippen molar-refractivity contribution in [2.24, 2.45) is 7.05 Å². The molecule has 0 aliphatic rings. The topological polar surface area (TPSA) is 73.0 Å². The number of anilines is 1. The second-order valence-corrected chi connectivity index (χ2v) is 6.39. The first-order valence-corrected chi connectivity index (χ1v) is 8.11. The highest BCUT2D eigenvalue weighted by atomic mass is 35.5. The lowest BCUT2D eigenvalue weighted by atomic mass is 10.1. The second kappa shape index (κ2) is 5.60. The van der Waals surface area contributed by atoms with Gasteiger partial charge in [0.25, 0.3) is 5.91 Å². The first-order valence-electron chi connectivity index (χ1n) is 7.73. The summed E-state index contributed by atoms with van der Waals surface area (Å²) in [6.45, 7) is 3.74. The van der Waals surface area contributed by atoms with Gasteiger partial charge in [0.2, 0.25) is 0 Å². The van der Waals surface area contributed by atoms with Gasteiger partial charge in [-0.25, -0.2) is 4.98 Å². The number of halogens is 1. The number of pyridine rings is 1. The molecule has 1 aromatic carbocycles. The molecule has 4 aromatic rings. The van der Waals surface area contributed by atoms with E-state index in [0.29, 0.717) is 16.3 Å². The van der Waals surface area contributed by atoms with Gasteiger partial charge >= 0.3 is 0 Å². The minimum Gasteiger partial charge on any atom is -0.451 e. The van der Waals surface area contributed by atoms with Crippen LogP contribution >= 0.6 is 11.6 Å². The second-order valence-electron chi connectivity index (χ2n) is 5.95. The average Bonchev–Trinajstić information content (AvgIpc) is 3.05. The van der Waals surface area contributed by atoms with E-state index in [-0.39, 0.29) is 11.7 Å². The number of hydrogen-bond acceptors (Lipinski definition) is 4. The highest BCUT2D eigenvalue weighted by molar-refractivity contribution is 6.31. The van der Waals surface area contributed by atoms with E-state index >= 15 is 0 Å². The maximum absolute atomic E-state index is 12.6. The summed E-state index contributed by atoms with van der Waals surface area (Å²) in [6.07, 6.45) is 1.61. The zero-order valence-electron chi connectivity index (χ0n) is 13.9. The van der Waals surface area contributed by atoms with E-state index < -0.39 is 0 Å². The van der Waals surface area contributed by atoms with Crippen LogP contribution in [0.5, 0.6) is 0 Å². The number of nitrogens with zero attached hydrogens (tertiary/aromatic N) is 3. The molecule has 0 radical (unpaired) electrons. The maximum Gasteiger partial charge on any atom is 0.291 e. The molecule has 3 aromatic heterocycles. The fourth-order valence-corrected chi connectivity index (χ4v) is 3.15. The molecule has 0 aliphatic carbocycles. The van der Waals surface area contributed by atoms with Crippen LogP contribution < -0.4 is 5.32 Å². The van der Waals surface area contributed by atoms with Crippen LogP contribution in [0.15, 0.2) is 34.9 Å². The molecule has 0 spiro atoms. The number of rotatable bonds is 2. The molecule has 6 nitrogen and oxygen atoms in total. The van der Waals surface area contributed by atoms with Crippen molar-refractivity contribution in [2.45, 2.75) is 13.8 Å². The van der Waals surface area contributed by atoms with Crippen LogP contribution in [-0.4, -0.2) is 20.7 Å². The monoisotopic (exact) mass is 354 g/mol. The third kappa shape index (κ3) is 2.55. The van der Waals surface area contributed by atoms with Gasteiger partial charge in [0.05, 0.1) is 17.6 Å². The van der Waals surface area contributed by atoms with Gasteiger partial charge < -0.3 is 9.73 Å². The molecule has 4 rings (SSSR count). The summed E-state index contributed by atoms with van der Waals surface area (Å²) in [5, 5.41) is 9.49. The number of amides is 1. The molecule has 7 heteroatoms. The standard InChI is InChI=1S/C18H15ClN4O2/c1-9-13-6-11(19)4-5-15(13)25-16(9)18(24)21-12-7-14-10(2)22-23(3)17(14)20-8-12/h4-8H,1-3H3,(H,21,24). The third-order valence-corrected chi connectivity index (χ3v) is 4.46. The number of fused-ring (bicyclic) bond motifs is 2. The fourth-order valence-electron chi connectivity index (χ4n) is 2.97. The smallest absolute Gasteiger partial charge is 0.291 e. The van der Waals surface area contributed by atoms with E-state index in [0.717, 1.165) is 27.7 Å². The summed E-state index contributed by atoms with van der Waals surface area (Å²) in [5.74, 6) is -0.0622. The van der Waals surface area contributed by atoms with Crippen molar-refractivity contribution in [1.82, 2.24) is 14.8 Å². The van der Waals surface area contributed by atoms with Gasteiger partial charge in [-0.05, 0) is 38.1 Å². The minimum absolute atomic E-state index is 0.264. The van der Waals surface area contributed by atoms with Crippen molar-refractivity contribution >= 4 is 45.2 Å². The Morgan fingerprint density at radius 3 is 2.84 bits per heavy atom. The highest BCUT2D eigenvalue weighted by Gasteiger charge is 2.18. The zero-order chi connectivity index (χ0) is 17.7. The van der Waals surface area contributed by atoms with Crippen LogP contribution in [0.3, 0.4) is 0 Å². The average molecular weight is 355 g/mol. The fraction of sp³-hybridized carbons (Fsp3) is 0.167. The molecule has 0 aliphatic heterocycles. The number of nitrogens with one attached hydrogen (secondary N) is 1. The van der Waals surface area contributed by atoms with Gasteiger partial charge in [-0.2, -0.15) is 5.10 Å². The van der Waals surface area contributed by atoms with Crippen LogP contribution in [0.25, 0.3) is 22.0 Å². The number of carbonyl (C=O) groups is 1. The first kappa shape index (κ1) is 15.7. The molecule has 0 unspecified atom stereocenters. The van der Waals surface area contributed by atoms with Crippen LogP contribution in [0, 0.1) is 13.8 Å². The number of benzene rings is 1. The molecule has 0 saturated carbocycles. The Bertz CT molecular complexity index is 1140. The van der Waals surface area contributed by atoms with Crippen LogP contribution in [0.1, 0.15) is 21.8 Å². The Labute approximate surface area is 148 Å². The van der Waals surface area contributed by atoms with Gasteiger partial charge in [-0.1, -0.05) is 11.6 Å². The maximum atomic E-state index is 12.6. The van der Waals surface area contributed by atoms with Crippen LogP contribution in [0.4, 0.5) is 5.69 Å². The van der Waals surface area contributed by atoms with E-state index in [4.69, 9.17) is 16.0 Å². The minimum atomic E-state index is -0.326. The summed E-state index contributed by atoms with van der Waals surface area (Å²) in [6, 6.07) is 7.14. The molecule has 1 N–H and O–H groups in total. The van der Waals surface area contributed by atoms with Crippen LogP contribution in [-0.2, 0) is 7.05 Å². The van der Waals surface area contributed by atoms with Crippen molar-refractivity contribution in [2.75, 3.05) is 5.32 Å². The molecule has 0 saturated heterocycles. The number of aryl methyl sites for hydroxylation is 3.